The van der Waals surface area contributed by atoms with Gasteiger partial charge >= 0.3 is 6.09 Å². The molecule has 0 saturated carbocycles. The van der Waals surface area contributed by atoms with Crippen LogP contribution in [-0.2, 0) is 4.74 Å². The van der Waals surface area contributed by atoms with Gasteiger partial charge in [0.05, 0.1) is 0 Å². The van der Waals surface area contributed by atoms with Gasteiger partial charge in [-0.25, -0.2) is 4.79 Å². The molecule has 1 amide bonds. The van der Waals surface area contributed by atoms with Crippen LogP contribution in [0.3, 0.4) is 0 Å². The van der Waals surface area contributed by atoms with Crippen molar-refractivity contribution in [3.05, 3.63) is 42.5 Å². The number of hydrogen-bond acceptors (Lipinski definition) is 3. The maximum absolute atomic E-state index is 12.1. The summed E-state index contributed by atoms with van der Waals surface area (Å²) in [6, 6.07) is 15.1. The van der Waals surface area contributed by atoms with Crippen molar-refractivity contribution < 1.29 is 9.53 Å². The van der Waals surface area contributed by atoms with Crippen LogP contribution in [0.4, 0.5) is 4.79 Å². The Kier molecular flexibility index (Phi) is 5.04. The molecule has 1 aliphatic rings. The molecule has 1 heterocycles. The summed E-state index contributed by atoms with van der Waals surface area (Å²) in [5.41, 5.74) is -0.423. The van der Waals surface area contributed by atoms with Crippen LogP contribution in [0.25, 0.3) is 10.8 Å². The summed E-state index contributed by atoms with van der Waals surface area (Å²) in [5, 5.41) is 3.13. The largest absolute Gasteiger partial charge is 0.444 e. The molecule has 0 atom stereocenters. The molecular weight excluding hydrogens is 318 g/mol. The maximum atomic E-state index is 12.1. The van der Waals surface area contributed by atoms with E-state index in [0.29, 0.717) is 5.25 Å². The van der Waals surface area contributed by atoms with E-state index in [9.17, 15) is 4.79 Å². The second-order valence-corrected chi connectivity index (χ2v) is 8.67. The smallest absolute Gasteiger partial charge is 0.410 e. The summed E-state index contributed by atoms with van der Waals surface area (Å²) in [5.74, 6) is 0. The molecule has 0 radical (unpaired) electrons. The molecule has 0 unspecified atom stereocenters. The highest BCUT2D eigenvalue weighted by molar-refractivity contribution is 8.00. The number of nitrogens with zero attached hydrogens (tertiary/aromatic N) is 1. The highest BCUT2D eigenvalue weighted by Crippen LogP contribution is 2.32. The lowest BCUT2D eigenvalue weighted by atomic mass is 10.1. The zero-order valence-corrected chi connectivity index (χ0v) is 15.4. The van der Waals surface area contributed by atoms with Crippen molar-refractivity contribution in [1.29, 1.82) is 0 Å². The number of hydrogen-bond donors (Lipinski definition) is 0. The number of carbonyl (C=O) groups is 1. The first kappa shape index (κ1) is 17.2. The van der Waals surface area contributed by atoms with Crippen LogP contribution in [0.5, 0.6) is 0 Å². The third-order valence-corrected chi connectivity index (χ3v) is 5.45. The molecule has 128 valence electrons. The number of piperidine rings is 1. The van der Waals surface area contributed by atoms with E-state index in [4.69, 9.17) is 4.74 Å². The van der Waals surface area contributed by atoms with Gasteiger partial charge in [-0.2, -0.15) is 0 Å². The fourth-order valence-corrected chi connectivity index (χ4v) is 4.09. The Morgan fingerprint density at radius 1 is 1.08 bits per heavy atom. The van der Waals surface area contributed by atoms with E-state index in [-0.39, 0.29) is 6.09 Å². The van der Waals surface area contributed by atoms with Gasteiger partial charge < -0.3 is 9.64 Å². The predicted octanol–water partition coefficient (Wildman–Crippen LogP) is 5.33. The first-order chi connectivity index (χ1) is 11.4. The van der Waals surface area contributed by atoms with Crippen molar-refractivity contribution in [2.75, 3.05) is 13.1 Å². The van der Waals surface area contributed by atoms with E-state index < -0.39 is 5.60 Å². The highest BCUT2D eigenvalue weighted by atomic mass is 32.2. The minimum absolute atomic E-state index is 0.184. The summed E-state index contributed by atoms with van der Waals surface area (Å²) >= 11 is 1.93. The Morgan fingerprint density at radius 3 is 2.42 bits per heavy atom. The molecule has 3 rings (SSSR count). The van der Waals surface area contributed by atoms with E-state index >= 15 is 0 Å². The molecule has 2 aromatic carbocycles. The van der Waals surface area contributed by atoms with Gasteiger partial charge in [-0.15, -0.1) is 11.8 Å². The van der Waals surface area contributed by atoms with E-state index in [1.165, 1.54) is 15.7 Å². The second kappa shape index (κ2) is 7.06. The third-order valence-electron chi connectivity index (χ3n) is 4.12. The van der Waals surface area contributed by atoms with Crippen molar-refractivity contribution in [2.45, 2.75) is 49.4 Å². The Labute approximate surface area is 148 Å². The monoisotopic (exact) mass is 343 g/mol. The number of amides is 1. The number of ether oxygens (including phenoxy) is 1. The second-order valence-electron chi connectivity index (χ2n) is 7.29. The lowest BCUT2D eigenvalue weighted by Crippen LogP contribution is -2.42. The van der Waals surface area contributed by atoms with Gasteiger partial charge in [0.25, 0.3) is 0 Å². The number of fused-ring (bicyclic) bond motifs is 1. The normalized spacial score (nSPS) is 16.4. The fourth-order valence-electron chi connectivity index (χ4n) is 2.92. The average molecular weight is 343 g/mol. The minimum atomic E-state index is -0.423. The SMILES string of the molecule is CC(C)(C)OC(=O)N1CCC(Sc2ccc3ccccc3c2)CC1. The fraction of sp³-hybridized carbons (Fsp3) is 0.450. The van der Waals surface area contributed by atoms with Crippen LogP contribution in [0, 0.1) is 0 Å². The molecule has 0 aliphatic carbocycles. The zero-order chi connectivity index (χ0) is 17.2. The van der Waals surface area contributed by atoms with Crippen LogP contribution < -0.4 is 0 Å². The Hall–Kier alpha value is -1.68. The molecular formula is C20H25NO2S. The summed E-state index contributed by atoms with van der Waals surface area (Å²) in [6.07, 6.45) is 1.84. The molecule has 0 aromatic heterocycles. The summed E-state index contributed by atoms with van der Waals surface area (Å²) in [7, 11) is 0. The van der Waals surface area contributed by atoms with Crippen molar-refractivity contribution >= 4 is 28.6 Å². The molecule has 3 nitrogen and oxygen atoms in total. The number of rotatable bonds is 2. The van der Waals surface area contributed by atoms with Crippen LogP contribution in [0.15, 0.2) is 47.4 Å². The van der Waals surface area contributed by atoms with Gasteiger partial charge in [0, 0.05) is 23.2 Å². The van der Waals surface area contributed by atoms with Gasteiger partial charge in [0.2, 0.25) is 0 Å². The molecule has 0 spiro atoms. The van der Waals surface area contributed by atoms with Crippen LogP contribution in [0.1, 0.15) is 33.6 Å². The van der Waals surface area contributed by atoms with Crippen molar-refractivity contribution in [3.63, 3.8) is 0 Å². The molecule has 1 aliphatic heterocycles. The average Bonchev–Trinajstić information content (AvgIpc) is 2.54. The highest BCUT2D eigenvalue weighted by Gasteiger charge is 2.27. The van der Waals surface area contributed by atoms with E-state index in [0.717, 1.165) is 25.9 Å². The lowest BCUT2D eigenvalue weighted by Gasteiger charge is -2.33. The molecule has 0 bridgehead atoms. The van der Waals surface area contributed by atoms with Gasteiger partial charge in [-0.05, 0) is 56.5 Å². The maximum Gasteiger partial charge on any atom is 0.410 e. The quantitative estimate of drug-likeness (QED) is 0.738. The molecule has 1 fully saturated rings. The molecule has 1 saturated heterocycles. The van der Waals surface area contributed by atoms with Crippen molar-refractivity contribution in [2.24, 2.45) is 0 Å². The van der Waals surface area contributed by atoms with Gasteiger partial charge in [0.1, 0.15) is 5.60 Å². The lowest BCUT2D eigenvalue weighted by molar-refractivity contribution is 0.0219. The number of benzene rings is 2. The number of likely N-dealkylation sites (tertiary alicyclic amines) is 1. The first-order valence-electron chi connectivity index (χ1n) is 8.54. The molecule has 2 aromatic rings. The van der Waals surface area contributed by atoms with E-state index in [1.807, 2.05) is 37.4 Å². The summed E-state index contributed by atoms with van der Waals surface area (Å²) < 4.78 is 5.46. The van der Waals surface area contributed by atoms with Gasteiger partial charge in [-0.1, -0.05) is 30.3 Å². The first-order valence-corrected chi connectivity index (χ1v) is 9.42. The van der Waals surface area contributed by atoms with E-state index in [2.05, 4.69) is 42.5 Å². The van der Waals surface area contributed by atoms with E-state index in [1.54, 1.807) is 0 Å². The van der Waals surface area contributed by atoms with Crippen molar-refractivity contribution in [3.8, 4) is 0 Å². The predicted molar refractivity (Wildman–Crippen MR) is 101 cm³/mol. The van der Waals surface area contributed by atoms with Crippen molar-refractivity contribution in [1.82, 2.24) is 4.90 Å². The number of thioether (sulfide) groups is 1. The molecule has 0 N–H and O–H groups in total. The van der Waals surface area contributed by atoms with Gasteiger partial charge in [0.15, 0.2) is 0 Å². The van der Waals surface area contributed by atoms with Crippen LogP contribution in [-0.4, -0.2) is 34.9 Å². The molecule has 24 heavy (non-hydrogen) atoms. The number of carbonyl (C=O) groups excluding carboxylic acids is 1. The Balaban J connectivity index is 1.55. The molecule has 4 heteroatoms. The van der Waals surface area contributed by atoms with Crippen LogP contribution >= 0.6 is 11.8 Å². The standard InChI is InChI=1S/C20H25NO2S/c1-20(2,3)23-19(22)21-12-10-17(11-13-21)24-18-9-8-15-6-4-5-7-16(15)14-18/h4-9,14,17H,10-13H2,1-3H3. The Bertz CT molecular complexity index is 715. The Morgan fingerprint density at radius 2 is 1.75 bits per heavy atom. The summed E-state index contributed by atoms with van der Waals surface area (Å²) in [4.78, 5) is 15.3. The summed E-state index contributed by atoms with van der Waals surface area (Å²) in [6.45, 7) is 7.29. The third kappa shape index (κ3) is 4.44. The minimum Gasteiger partial charge on any atom is -0.444 e. The topological polar surface area (TPSA) is 29.5 Å². The van der Waals surface area contributed by atoms with Gasteiger partial charge in [-0.3, -0.25) is 0 Å². The van der Waals surface area contributed by atoms with Crippen LogP contribution in [0.2, 0.25) is 0 Å². The zero-order valence-electron chi connectivity index (χ0n) is 14.6.